The average Bonchev–Trinajstić information content (AvgIpc) is 2.53. The largest absolute Gasteiger partial charge is 0.485 e. The van der Waals surface area contributed by atoms with Gasteiger partial charge in [0.2, 0.25) is 0 Å². The number of nitrogens with zero attached hydrogens (tertiary/aromatic N) is 1. The summed E-state index contributed by atoms with van der Waals surface area (Å²) in [5.74, 6) is 0.0413. The van der Waals surface area contributed by atoms with Crippen LogP contribution in [0.3, 0.4) is 0 Å². The number of ether oxygens (including phenoxy) is 1. The maximum atomic E-state index is 12.8. The minimum absolute atomic E-state index is 0.0976. The number of ketones is 1. The van der Waals surface area contributed by atoms with Gasteiger partial charge in [-0.3, -0.25) is 9.78 Å². The molecule has 21 heavy (non-hydrogen) atoms. The molecule has 0 N–H and O–H groups in total. The van der Waals surface area contributed by atoms with Crippen LogP contribution in [0.25, 0.3) is 10.9 Å². The van der Waals surface area contributed by atoms with E-state index in [-0.39, 0.29) is 18.2 Å². The summed E-state index contributed by atoms with van der Waals surface area (Å²) >= 11 is 0. The Kier molecular flexibility index (Phi) is 3.60. The van der Waals surface area contributed by atoms with E-state index in [0.717, 1.165) is 10.9 Å². The first-order chi connectivity index (χ1) is 10.2. The Morgan fingerprint density at radius 1 is 1.05 bits per heavy atom. The van der Waals surface area contributed by atoms with Gasteiger partial charge in [-0.25, -0.2) is 4.39 Å². The standard InChI is InChI=1S/C17H12FNO2/c18-13-8-6-12(7-9-13)16(20)11-21-17-5-1-4-15-14(17)3-2-10-19-15/h1-10H,11H2. The topological polar surface area (TPSA) is 39.2 Å². The summed E-state index contributed by atoms with van der Waals surface area (Å²) in [7, 11) is 0. The fourth-order valence-corrected chi connectivity index (χ4v) is 2.06. The lowest BCUT2D eigenvalue weighted by Crippen LogP contribution is -2.11. The Morgan fingerprint density at radius 3 is 2.67 bits per heavy atom. The van der Waals surface area contributed by atoms with E-state index >= 15 is 0 Å². The molecule has 4 heteroatoms. The van der Waals surface area contributed by atoms with Crippen molar-refractivity contribution in [3.8, 4) is 5.75 Å². The summed E-state index contributed by atoms with van der Waals surface area (Å²) in [4.78, 5) is 16.2. The highest BCUT2D eigenvalue weighted by atomic mass is 19.1. The summed E-state index contributed by atoms with van der Waals surface area (Å²) in [5.41, 5.74) is 1.24. The van der Waals surface area contributed by atoms with Crippen molar-refractivity contribution < 1.29 is 13.9 Å². The van der Waals surface area contributed by atoms with E-state index in [4.69, 9.17) is 4.74 Å². The SMILES string of the molecule is O=C(COc1cccc2ncccc12)c1ccc(F)cc1. The van der Waals surface area contributed by atoms with Gasteiger partial charge in [0, 0.05) is 17.1 Å². The van der Waals surface area contributed by atoms with Crippen molar-refractivity contribution >= 4 is 16.7 Å². The molecular formula is C17H12FNO2. The second kappa shape index (κ2) is 5.71. The van der Waals surface area contributed by atoms with Crippen LogP contribution in [0.1, 0.15) is 10.4 Å². The minimum atomic E-state index is -0.368. The quantitative estimate of drug-likeness (QED) is 0.685. The summed E-state index contributed by atoms with van der Waals surface area (Å²) in [6, 6.07) is 14.6. The smallest absolute Gasteiger partial charge is 0.200 e. The van der Waals surface area contributed by atoms with Gasteiger partial charge in [0.1, 0.15) is 11.6 Å². The molecule has 0 aliphatic heterocycles. The van der Waals surface area contributed by atoms with Gasteiger partial charge in [-0.2, -0.15) is 0 Å². The molecule has 0 fully saturated rings. The normalized spacial score (nSPS) is 10.5. The molecule has 1 aromatic heterocycles. The predicted octanol–water partition coefficient (Wildman–Crippen LogP) is 3.64. The highest BCUT2D eigenvalue weighted by Crippen LogP contribution is 2.23. The Balaban J connectivity index is 1.77. The Morgan fingerprint density at radius 2 is 1.86 bits per heavy atom. The summed E-state index contributed by atoms with van der Waals surface area (Å²) in [5, 5.41) is 0.854. The van der Waals surface area contributed by atoms with Crippen LogP contribution < -0.4 is 4.74 Å². The number of halogens is 1. The fourth-order valence-electron chi connectivity index (χ4n) is 2.06. The summed E-state index contributed by atoms with van der Waals surface area (Å²) in [6.45, 7) is -0.0976. The Bertz CT molecular complexity index is 779. The molecule has 0 unspecified atom stereocenters. The number of fused-ring (bicyclic) bond motifs is 1. The number of carbonyl (C=O) groups excluding carboxylic acids is 1. The van der Waals surface area contributed by atoms with Gasteiger partial charge in [0.05, 0.1) is 5.52 Å². The monoisotopic (exact) mass is 281 g/mol. The van der Waals surface area contributed by atoms with Crippen LogP contribution in [0.2, 0.25) is 0 Å². The third-order valence-electron chi connectivity index (χ3n) is 3.13. The number of hydrogen-bond donors (Lipinski definition) is 0. The fraction of sp³-hybridized carbons (Fsp3) is 0.0588. The predicted molar refractivity (Wildman–Crippen MR) is 78.0 cm³/mol. The van der Waals surface area contributed by atoms with Gasteiger partial charge in [-0.15, -0.1) is 0 Å². The molecule has 3 aromatic rings. The van der Waals surface area contributed by atoms with Gasteiger partial charge in [-0.05, 0) is 48.5 Å². The van der Waals surface area contributed by atoms with Crippen LogP contribution in [0.5, 0.6) is 5.75 Å². The molecule has 0 atom stereocenters. The number of carbonyl (C=O) groups is 1. The first-order valence-corrected chi connectivity index (χ1v) is 6.49. The second-order valence-corrected chi connectivity index (χ2v) is 4.54. The second-order valence-electron chi connectivity index (χ2n) is 4.54. The number of aromatic nitrogens is 1. The van der Waals surface area contributed by atoms with E-state index in [1.165, 1.54) is 24.3 Å². The zero-order valence-electron chi connectivity index (χ0n) is 11.1. The van der Waals surface area contributed by atoms with Crippen molar-refractivity contribution in [3.63, 3.8) is 0 Å². The minimum Gasteiger partial charge on any atom is -0.485 e. The van der Waals surface area contributed by atoms with Gasteiger partial charge in [0.25, 0.3) is 0 Å². The molecule has 3 nitrogen and oxygen atoms in total. The highest BCUT2D eigenvalue weighted by molar-refractivity contribution is 5.97. The number of hydrogen-bond acceptors (Lipinski definition) is 3. The third-order valence-corrected chi connectivity index (χ3v) is 3.13. The molecule has 0 saturated carbocycles. The maximum absolute atomic E-state index is 12.8. The average molecular weight is 281 g/mol. The number of pyridine rings is 1. The van der Waals surface area contributed by atoms with E-state index in [1.807, 2.05) is 24.3 Å². The van der Waals surface area contributed by atoms with Crippen molar-refractivity contribution in [2.75, 3.05) is 6.61 Å². The van der Waals surface area contributed by atoms with Gasteiger partial charge in [-0.1, -0.05) is 6.07 Å². The van der Waals surface area contributed by atoms with Crippen LogP contribution >= 0.6 is 0 Å². The lowest BCUT2D eigenvalue weighted by atomic mass is 10.1. The molecule has 0 bridgehead atoms. The summed E-state index contributed by atoms with van der Waals surface area (Å²) in [6.07, 6.45) is 1.70. The van der Waals surface area contributed by atoms with E-state index in [0.29, 0.717) is 11.3 Å². The van der Waals surface area contributed by atoms with Crippen molar-refractivity contribution in [3.05, 3.63) is 72.2 Å². The number of rotatable bonds is 4. The molecule has 104 valence electrons. The highest BCUT2D eigenvalue weighted by Gasteiger charge is 2.08. The van der Waals surface area contributed by atoms with E-state index in [1.54, 1.807) is 12.3 Å². The van der Waals surface area contributed by atoms with E-state index in [9.17, 15) is 9.18 Å². The third kappa shape index (κ3) is 2.89. The van der Waals surface area contributed by atoms with E-state index in [2.05, 4.69) is 4.98 Å². The lowest BCUT2D eigenvalue weighted by molar-refractivity contribution is 0.0922. The van der Waals surface area contributed by atoms with Crippen LogP contribution in [0, 0.1) is 5.82 Å². The van der Waals surface area contributed by atoms with Crippen molar-refractivity contribution in [2.45, 2.75) is 0 Å². The molecule has 2 aromatic carbocycles. The maximum Gasteiger partial charge on any atom is 0.200 e. The first-order valence-electron chi connectivity index (χ1n) is 6.49. The van der Waals surface area contributed by atoms with Crippen molar-refractivity contribution in [1.82, 2.24) is 4.98 Å². The number of Topliss-reactive ketones (excluding diaryl/α,β-unsaturated/α-hetero) is 1. The molecule has 0 amide bonds. The van der Waals surface area contributed by atoms with Crippen molar-refractivity contribution in [2.24, 2.45) is 0 Å². The van der Waals surface area contributed by atoms with Gasteiger partial charge in [0.15, 0.2) is 12.4 Å². The van der Waals surface area contributed by atoms with Gasteiger partial charge < -0.3 is 4.74 Å². The van der Waals surface area contributed by atoms with Crippen LogP contribution in [0.15, 0.2) is 60.8 Å². The summed E-state index contributed by atoms with van der Waals surface area (Å²) < 4.78 is 18.4. The molecule has 0 aliphatic rings. The molecule has 0 saturated heterocycles. The molecule has 0 spiro atoms. The lowest BCUT2D eigenvalue weighted by Gasteiger charge is -2.08. The zero-order valence-corrected chi connectivity index (χ0v) is 11.1. The van der Waals surface area contributed by atoms with Gasteiger partial charge >= 0.3 is 0 Å². The van der Waals surface area contributed by atoms with Crippen LogP contribution in [-0.4, -0.2) is 17.4 Å². The molecule has 0 aliphatic carbocycles. The number of benzene rings is 2. The molecular weight excluding hydrogens is 269 g/mol. The Hall–Kier alpha value is -2.75. The molecule has 0 radical (unpaired) electrons. The molecule has 1 heterocycles. The van der Waals surface area contributed by atoms with Crippen LogP contribution in [-0.2, 0) is 0 Å². The zero-order chi connectivity index (χ0) is 14.7. The Labute approximate surface area is 121 Å². The van der Waals surface area contributed by atoms with E-state index < -0.39 is 0 Å². The van der Waals surface area contributed by atoms with Crippen LogP contribution in [0.4, 0.5) is 4.39 Å². The molecule has 3 rings (SSSR count). The first kappa shape index (κ1) is 13.2. The van der Waals surface area contributed by atoms with Crippen molar-refractivity contribution in [1.29, 1.82) is 0 Å².